The van der Waals surface area contributed by atoms with Gasteiger partial charge in [-0.25, -0.2) is 4.79 Å². The van der Waals surface area contributed by atoms with Gasteiger partial charge in [-0.2, -0.15) is 0 Å². The van der Waals surface area contributed by atoms with Gasteiger partial charge in [0.05, 0.1) is 12.6 Å². The Labute approximate surface area is 168 Å². The van der Waals surface area contributed by atoms with E-state index in [1.807, 2.05) is 0 Å². The molecule has 166 valence electrons. The number of aliphatic hydroxyl groups is 1. The van der Waals surface area contributed by atoms with Gasteiger partial charge in [-0.3, -0.25) is 19.2 Å². The number of nitrogens with two attached hydrogens (primary N) is 2. The van der Waals surface area contributed by atoms with Gasteiger partial charge in [0, 0.05) is 6.42 Å². The second-order valence-corrected chi connectivity index (χ2v) is 7.11. The van der Waals surface area contributed by atoms with Crippen LogP contribution < -0.4 is 27.4 Å². The van der Waals surface area contributed by atoms with Gasteiger partial charge in [0.15, 0.2) is 0 Å². The number of nitrogens with one attached hydrogen (secondary N) is 3. The second kappa shape index (κ2) is 12.7. The summed E-state index contributed by atoms with van der Waals surface area (Å²) < 4.78 is 0. The first-order valence-electron chi connectivity index (χ1n) is 9.17. The lowest BCUT2D eigenvalue weighted by Gasteiger charge is -2.23. The number of hydrogen-bond donors (Lipinski definition) is 7. The van der Waals surface area contributed by atoms with E-state index in [1.165, 1.54) is 6.92 Å². The average Bonchev–Trinajstić information content (AvgIpc) is 2.62. The zero-order valence-electron chi connectivity index (χ0n) is 16.8. The third kappa shape index (κ3) is 10.4. The van der Waals surface area contributed by atoms with Gasteiger partial charge >= 0.3 is 5.97 Å². The van der Waals surface area contributed by atoms with Crippen LogP contribution >= 0.6 is 0 Å². The molecule has 0 radical (unpaired) electrons. The Kier molecular flexibility index (Phi) is 11.5. The predicted molar refractivity (Wildman–Crippen MR) is 102 cm³/mol. The first-order valence-corrected chi connectivity index (χ1v) is 9.17. The van der Waals surface area contributed by atoms with Crippen molar-refractivity contribution in [2.45, 2.75) is 64.2 Å². The van der Waals surface area contributed by atoms with E-state index >= 15 is 0 Å². The Morgan fingerprint density at radius 3 is 1.90 bits per heavy atom. The molecule has 0 aromatic carbocycles. The number of carbonyl (C=O) groups is 5. The van der Waals surface area contributed by atoms with E-state index < -0.39 is 60.4 Å². The first-order chi connectivity index (χ1) is 13.4. The Bertz CT molecular complexity index is 611. The minimum atomic E-state index is -1.40. The fourth-order valence-corrected chi connectivity index (χ4v) is 2.27. The van der Waals surface area contributed by atoms with E-state index in [2.05, 4.69) is 16.0 Å². The Morgan fingerprint density at radius 2 is 1.45 bits per heavy atom. The molecule has 12 heteroatoms. The van der Waals surface area contributed by atoms with Crippen molar-refractivity contribution in [1.82, 2.24) is 16.0 Å². The molecule has 0 unspecified atom stereocenters. The van der Waals surface area contributed by atoms with Crippen molar-refractivity contribution in [1.29, 1.82) is 0 Å². The first kappa shape index (κ1) is 26.3. The molecule has 0 rings (SSSR count). The van der Waals surface area contributed by atoms with Crippen molar-refractivity contribution in [2.75, 3.05) is 6.61 Å². The lowest BCUT2D eigenvalue weighted by molar-refractivity contribution is -0.143. The van der Waals surface area contributed by atoms with Crippen molar-refractivity contribution >= 4 is 29.6 Å². The van der Waals surface area contributed by atoms with Crippen LogP contribution in [0, 0.1) is 5.92 Å². The summed E-state index contributed by atoms with van der Waals surface area (Å²) in [4.78, 5) is 58.3. The molecule has 0 aliphatic carbocycles. The summed E-state index contributed by atoms with van der Waals surface area (Å²) >= 11 is 0. The number of amides is 4. The molecule has 9 N–H and O–H groups in total. The van der Waals surface area contributed by atoms with Crippen LogP contribution in [0.2, 0.25) is 0 Å². The molecule has 0 fully saturated rings. The Balaban J connectivity index is 4.79. The molecule has 0 heterocycles. The number of carboxylic acid groups (broad SMARTS) is 1. The minimum absolute atomic E-state index is 0.00358. The highest BCUT2D eigenvalue weighted by Gasteiger charge is 2.28. The zero-order chi connectivity index (χ0) is 22.7. The average molecular weight is 417 g/mol. The maximum atomic E-state index is 12.2. The Morgan fingerprint density at radius 1 is 0.897 bits per heavy atom. The third-order valence-corrected chi connectivity index (χ3v) is 3.93. The largest absolute Gasteiger partial charge is 0.480 e. The molecule has 0 saturated carbocycles. The number of rotatable bonds is 13. The minimum Gasteiger partial charge on any atom is -0.480 e. The highest BCUT2D eigenvalue weighted by atomic mass is 16.4. The number of hydrogen-bond acceptors (Lipinski definition) is 7. The number of aliphatic carboxylic acids is 1. The summed E-state index contributed by atoms with van der Waals surface area (Å²) in [5.41, 5.74) is 10.6. The number of carbonyl (C=O) groups excluding carboxylic acids is 4. The standard InChI is InChI=1S/C17H31N5O7/c1-8(2)6-11(17(28)29)21-16(27)12(7-23)22-14(25)9(3)20-15(26)10(18)4-5-13(19)24/h8-12,23H,4-7,18H2,1-3H3,(H2,19,24)(H,20,26)(H,21,27)(H,22,25)(H,28,29)/t9-,10-,11-,12-/m0/s1. The predicted octanol–water partition coefficient (Wildman–Crippen LogP) is -2.82. The highest BCUT2D eigenvalue weighted by Crippen LogP contribution is 2.05. The lowest BCUT2D eigenvalue weighted by atomic mass is 10.0. The highest BCUT2D eigenvalue weighted by molar-refractivity contribution is 5.94. The normalized spacial score (nSPS) is 15.0. The fourth-order valence-electron chi connectivity index (χ4n) is 2.27. The van der Waals surface area contributed by atoms with E-state index in [0.29, 0.717) is 0 Å². The van der Waals surface area contributed by atoms with E-state index in [0.717, 1.165) is 0 Å². The molecular weight excluding hydrogens is 386 g/mol. The second-order valence-electron chi connectivity index (χ2n) is 7.11. The fraction of sp³-hybridized carbons (Fsp3) is 0.706. The SMILES string of the molecule is CC(C)C[C@H](NC(=O)[C@H](CO)NC(=O)[C@H](C)NC(=O)[C@@H](N)CCC(N)=O)C(=O)O. The summed E-state index contributed by atoms with van der Waals surface area (Å²) in [6.45, 7) is 4.13. The van der Waals surface area contributed by atoms with Crippen molar-refractivity contribution in [3.63, 3.8) is 0 Å². The van der Waals surface area contributed by atoms with Gasteiger partial charge < -0.3 is 37.6 Å². The summed E-state index contributed by atoms with van der Waals surface area (Å²) in [6.07, 6.45) is 0.0788. The smallest absolute Gasteiger partial charge is 0.326 e. The summed E-state index contributed by atoms with van der Waals surface area (Å²) in [5, 5.41) is 25.4. The number of aliphatic hydroxyl groups excluding tert-OH is 1. The van der Waals surface area contributed by atoms with Crippen molar-refractivity contribution in [3.05, 3.63) is 0 Å². The molecule has 0 saturated heterocycles. The van der Waals surface area contributed by atoms with Gasteiger partial charge in [0.2, 0.25) is 23.6 Å². The number of carboxylic acids is 1. The molecule has 4 atom stereocenters. The molecular formula is C17H31N5O7. The van der Waals surface area contributed by atoms with Crippen LogP contribution in [0.1, 0.15) is 40.0 Å². The van der Waals surface area contributed by atoms with Gasteiger partial charge in [-0.1, -0.05) is 13.8 Å². The van der Waals surface area contributed by atoms with Crippen LogP contribution in [0.25, 0.3) is 0 Å². The molecule has 0 aromatic rings. The van der Waals surface area contributed by atoms with Crippen molar-refractivity contribution in [3.8, 4) is 0 Å². The van der Waals surface area contributed by atoms with E-state index in [4.69, 9.17) is 11.5 Å². The van der Waals surface area contributed by atoms with Crippen LogP contribution in [-0.2, 0) is 24.0 Å². The van der Waals surface area contributed by atoms with Crippen molar-refractivity contribution in [2.24, 2.45) is 17.4 Å². The third-order valence-electron chi connectivity index (χ3n) is 3.93. The van der Waals surface area contributed by atoms with Gasteiger partial charge in [0.25, 0.3) is 0 Å². The van der Waals surface area contributed by atoms with Crippen LogP contribution in [0.3, 0.4) is 0 Å². The molecule has 0 bridgehead atoms. The van der Waals surface area contributed by atoms with E-state index in [-0.39, 0.29) is 25.2 Å². The van der Waals surface area contributed by atoms with E-state index in [1.54, 1.807) is 13.8 Å². The van der Waals surface area contributed by atoms with Gasteiger partial charge in [-0.05, 0) is 25.7 Å². The van der Waals surface area contributed by atoms with Gasteiger partial charge in [-0.15, -0.1) is 0 Å². The molecule has 12 nitrogen and oxygen atoms in total. The molecule has 0 aliphatic heterocycles. The van der Waals surface area contributed by atoms with Crippen LogP contribution in [0.4, 0.5) is 0 Å². The zero-order valence-corrected chi connectivity index (χ0v) is 16.8. The monoisotopic (exact) mass is 417 g/mol. The molecule has 0 spiro atoms. The van der Waals surface area contributed by atoms with Crippen LogP contribution in [0.15, 0.2) is 0 Å². The lowest BCUT2D eigenvalue weighted by Crippen LogP contribution is -2.57. The summed E-state index contributed by atoms with van der Waals surface area (Å²) in [7, 11) is 0. The van der Waals surface area contributed by atoms with Crippen molar-refractivity contribution < 1.29 is 34.2 Å². The summed E-state index contributed by atoms with van der Waals surface area (Å²) in [5.74, 6) is -4.21. The van der Waals surface area contributed by atoms with Crippen LogP contribution in [-0.4, -0.2) is 70.6 Å². The Hall–Kier alpha value is -2.73. The van der Waals surface area contributed by atoms with E-state index in [9.17, 15) is 34.2 Å². The van der Waals surface area contributed by atoms with Crippen LogP contribution in [0.5, 0.6) is 0 Å². The molecule has 0 aromatic heterocycles. The molecule has 0 aliphatic rings. The van der Waals surface area contributed by atoms with Gasteiger partial charge in [0.1, 0.15) is 18.1 Å². The number of primary amides is 1. The topological polar surface area (TPSA) is 214 Å². The molecule has 4 amide bonds. The molecule has 29 heavy (non-hydrogen) atoms. The summed E-state index contributed by atoms with van der Waals surface area (Å²) in [6, 6.07) is -4.73. The maximum Gasteiger partial charge on any atom is 0.326 e. The maximum absolute atomic E-state index is 12.2. The quantitative estimate of drug-likeness (QED) is 0.165.